The smallest absolute Gasteiger partial charge is 0.417 e. The third kappa shape index (κ3) is 6.47. The minimum atomic E-state index is -4.84. The summed E-state index contributed by atoms with van der Waals surface area (Å²) in [6.45, 7) is 8.77. The van der Waals surface area contributed by atoms with Crippen molar-refractivity contribution in [2.45, 2.75) is 78.6 Å². The summed E-state index contributed by atoms with van der Waals surface area (Å²) in [7, 11) is 0. The van der Waals surface area contributed by atoms with Crippen molar-refractivity contribution >= 4 is 29.5 Å². The Morgan fingerprint density at radius 1 is 1.23 bits per heavy atom. The molecule has 2 aliphatic rings. The Hall–Kier alpha value is -3.31. The summed E-state index contributed by atoms with van der Waals surface area (Å²) in [4.78, 5) is 54.3. The first kappa shape index (κ1) is 30.2. The molecule has 0 saturated carbocycles. The number of hydrogen-bond acceptors (Lipinski definition) is 4. The fraction of sp³-hybridized carbons (Fsp3) is 0.630. The van der Waals surface area contributed by atoms with Crippen molar-refractivity contribution < 1.29 is 37.5 Å². The number of carboxylic acid groups (broad SMARTS) is 1. The van der Waals surface area contributed by atoms with Crippen LogP contribution < -0.4 is 10.2 Å². The lowest BCUT2D eigenvalue weighted by Crippen LogP contribution is -2.54. The van der Waals surface area contributed by atoms with E-state index in [4.69, 9.17) is 0 Å². The van der Waals surface area contributed by atoms with Crippen LogP contribution in [0.25, 0.3) is 0 Å². The largest absolute Gasteiger partial charge is 0.465 e. The van der Waals surface area contributed by atoms with Crippen molar-refractivity contribution in [1.29, 1.82) is 0 Å². The first-order valence-corrected chi connectivity index (χ1v) is 13.2. The van der Waals surface area contributed by atoms with Crippen molar-refractivity contribution in [2.75, 3.05) is 31.1 Å². The van der Waals surface area contributed by atoms with E-state index in [1.807, 2.05) is 0 Å². The normalized spacial score (nSPS) is 19.1. The molecule has 9 nitrogen and oxygen atoms in total. The summed E-state index contributed by atoms with van der Waals surface area (Å²) < 4.78 is 43.1. The van der Waals surface area contributed by atoms with Gasteiger partial charge in [0.1, 0.15) is 0 Å². The monoisotopic (exact) mass is 554 g/mol. The number of amides is 4. The Morgan fingerprint density at radius 3 is 2.46 bits per heavy atom. The summed E-state index contributed by atoms with van der Waals surface area (Å²) in [6.07, 6.45) is -4.75. The summed E-state index contributed by atoms with van der Waals surface area (Å²) in [5, 5.41) is 12.1. The standard InChI is InChI=1S/C27H37F3N4O5/c1-6-22(35)31-9-11-33-21-13-19(20(27(28,29)30)12-17(21)14-26(4,5)24(33)37)23(36)34(16(2)3)18-8-7-10-32(15-18)25(38)39/h12-13,16,18H,6-11,14-15H2,1-5H3,(H,31,35)(H,38,39)/t18-/m1/s1. The predicted octanol–water partition coefficient (Wildman–Crippen LogP) is 4.14. The molecule has 0 aromatic heterocycles. The number of anilines is 1. The van der Waals surface area contributed by atoms with Crippen LogP contribution in [0.15, 0.2) is 12.1 Å². The van der Waals surface area contributed by atoms with Gasteiger partial charge in [0.2, 0.25) is 11.8 Å². The van der Waals surface area contributed by atoms with Gasteiger partial charge in [0, 0.05) is 49.7 Å². The molecular weight excluding hydrogens is 517 g/mol. The number of fused-ring (bicyclic) bond motifs is 1. The zero-order chi connectivity index (χ0) is 29.3. The molecule has 2 aliphatic heterocycles. The van der Waals surface area contributed by atoms with Crippen molar-refractivity contribution in [2.24, 2.45) is 5.41 Å². The summed E-state index contributed by atoms with van der Waals surface area (Å²) in [5.74, 6) is -1.41. The molecule has 0 bridgehead atoms. The molecule has 0 aliphatic carbocycles. The third-order valence-electron chi connectivity index (χ3n) is 7.33. The van der Waals surface area contributed by atoms with Crippen molar-refractivity contribution in [3.63, 3.8) is 0 Å². The Balaban J connectivity index is 2.10. The fourth-order valence-corrected chi connectivity index (χ4v) is 5.43. The van der Waals surface area contributed by atoms with Crippen LogP contribution in [0.3, 0.4) is 0 Å². The molecule has 4 amide bonds. The van der Waals surface area contributed by atoms with Gasteiger partial charge in [0.05, 0.1) is 17.2 Å². The lowest BCUT2D eigenvalue weighted by atomic mass is 9.79. The molecule has 39 heavy (non-hydrogen) atoms. The van der Waals surface area contributed by atoms with E-state index in [-0.39, 0.29) is 55.5 Å². The highest BCUT2D eigenvalue weighted by Crippen LogP contribution is 2.43. The van der Waals surface area contributed by atoms with Crippen molar-refractivity contribution in [1.82, 2.24) is 15.1 Å². The van der Waals surface area contributed by atoms with Crippen molar-refractivity contribution in [3.8, 4) is 0 Å². The maximum absolute atomic E-state index is 14.4. The summed E-state index contributed by atoms with van der Waals surface area (Å²) in [6, 6.07) is 0.995. The van der Waals surface area contributed by atoms with Crippen LogP contribution in [0.4, 0.5) is 23.7 Å². The SMILES string of the molecule is CCC(=O)NCCN1C(=O)C(C)(C)Cc2cc(C(F)(F)F)c(C(=O)N(C(C)C)[C@@H]3CCCN(C(=O)O)C3)cc21. The molecule has 1 saturated heterocycles. The second-order valence-electron chi connectivity index (χ2n) is 11.1. The van der Waals surface area contributed by atoms with Gasteiger partial charge in [-0.1, -0.05) is 20.8 Å². The van der Waals surface area contributed by atoms with E-state index < -0.39 is 46.8 Å². The molecule has 1 aromatic rings. The molecule has 1 aromatic carbocycles. The van der Waals surface area contributed by atoms with E-state index >= 15 is 0 Å². The molecule has 1 fully saturated rings. The number of carbonyl (C=O) groups is 4. The second kappa shape index (κ2) is 11.4. The number of piperidine rings is 1. The second-order valence-corrected chi connectivity index (χ2v) is 11.1. The average molecular weight is 555 g/mol. The van der Waals surface area contributed by atoms with Gasteiger partial charge in [-0.15, -0.1) is 0 Å². The van der Waals surface area contributed by atoms with E-state index in [1.165, 1.54) is 14.7 Å². The number of rotatable bonds is 7. The average Bonchev–Trinajstić information content (AvgIpc) is 2.84. The van der Waals surface area contributed by atoms with Gasteiger partial charge in [-0.3, -0.25) is 14.4 Å². The zero-order valence-electron chi connectivity index (χ0n) is 23.0. The van der Waals surface area contributed by atoms with Gasteiger partial charge in [0.15, 0.2) is 0 Å². The number of nitrogens with one attached hydrogen (secondary N) is 1. The van der Waals surface area contributed by atoms with E-state index in [0.29, 0.717) is 19.4 Å². The highest BCUT2D eigenvalue weighted by molar-refractivity contribution is 6.03. The van der Waals surface area contributed by atoms with Crippen molar-refractivity contribution in [3.05, 3.63) is 28.8 Å². The maximum atomic E-state index is 14.4. The highest BCUT2D eigenvalue weighted by atomic mass is 19.4. The lowest BCUT2D eigenvalue weighted by molar-refractivity contribution is -0.138. The van der Waals surface area contributed by atoms with Crippen LogP contribution in [0.1, 0.15) is 75.4 Å². The quantitative estimate of drug-likeness (QED) is 0.527. The Labute approximate surface area is 226 Å². The van der Waals surface area contributed by atoms with E-state index in [9.17, 15) is 37.5 Å². The summed E-state index contributed by atoms with van der Waals surface area (Å²) >= 11 is 0. The topological polar surface area (TPSA) is 110 Å². The van der Waals surface area contributed by atoms with Crippen LogP contribution >= 0.6 is 0 Å². The van der Waals surface area contributed by atoms with Gasteiger partial charge < -0.3 is 25.1 Å². The van der Waals surface area contributed by atoms with E-state index in [0.717, 1.165) is 12.1 Å². The Morgan fingerprint density at radius 2 is 1.90 bits per heavy atom. The molecule has 2 N–H and O–H groups in total. The molecule has 2 heterocycles. The maximum Gasteiger partial charge on any atom is 0.417 e. The van der Waals surface area contributed by atoms with Gasteiger partial charge in [-0.05, 0) is 50.8 Å². The van der Waals surface area contributed by atoms with Crippen LogP contribution in [0, 0.1) is 5.41 Å². The lowest BCUT2D eigenvalue weighted by Gasteiger charge is -2.42. The molecular formula is C27H37F3N4O5. The van der Waals surface area contributed by atoms with Crippen LogP contribution in [0.2, 0.25) is 0 Å². The van der Waals surface area contributed by atoms with Gasteiger partial charge in [-0.2, -0.15) is 13.2 Å². The number of alkyl halides is 3. The summed E-state index contributed by atoms with van der Waals surface area (Å²) in [5.41, 5.74) is -2.16. The van der Waals surface area contributed by atoms with E-state index in [1.54, 1.807) is 34.6 Å². The predicted molar refractivity (Wildman–Crippen MR) is 139 cm³/mol. The molecule has 0 unspecified atom stereocenters. The first-order valence-electron chi connectivity index (χ1n) is 13.2. The fourth-order valence-electron chi connectivity index (χ4n) is 5.43. The molecule has 0 spiro atoms. The molecule has 0 radical (unpaired) electrons. The van der Waals surface area contributed by atoms with Gasteiger partial charge >= 0.3 is 12.3 Å². The molecule has 1 atom stereocenters. The zero-order valence-corrected chi connectivity index (χ0v) is 23.0. The van der Waals surface area contributed by atoms with Gasteiger partial charge in [-0.25, -0.2) is 4.79 Å². The minimum absolute atomic E-state index is 0.00146. The molecule has 12 heteroatoms. The molecule has 216 valence electrons. The Kier molecular flexibility index (Phi) is 8.86. The number of benzene rings is 1. The third-order valence-corrected chi connectivity index (χ3v) is 7.33. The number of halogens is 3. The molecule has 3 rings (SSSR count). The van der Waals surface area contributed by atoms with Gasteiger partial charge in [0.25, 0.3) is 5.91 Å². The number of likely N-dealkylation sites (tertiary alicyclic amines) is 1. The van der Waals surface area contributed by atoms with Crippen LogP contribution in [0.5, 0.6) is 0 Å². The van der Waals surface area contributed by atoms with Crippen LogP contribution in [-0.2, 0) is 22.2 Å². The van der Waals surface area contributed by atoms with E-state index in [2.05, 4.69) is 5.32 Å². The Bertz CT molecular complexity index is 1140. The minimum Gasteiger partial charge on any atom is -0.465 e. The first-order chi connectivity index (χ1) is 18.1. The van der Waals surface area contributed by atoms with Crippen LogP contribution in [-0.4, -0.2) is 77.0 Å². The highest BCUT2D eigenvalue weighted by Gasteiger charge is 2.44. The number of hydrogen-bond donors (Lipinski definition) is 2. The number of carbonyl (C=O) groups excluding carboxylic acids is 3. The number of nitrogens with zero attached hydrogens (tertiary/aromatic N) is 3.